The van der Waals surface area contributed by atoms with E-state index >= 15 is 0 Å². The molecule has 3 N–H and O–H groups in total. The third-order valence-electron chi connectivity index (χ3n) is 1.92. The molecule has 0 fully saturated rings. The topological polar surface area (TPSA) is 72.5 Å². The van der Waals surface area contributed by atoms with Crippen LogP contribution in [0.5, 0.6) is 0 Å². The van der Waals surface area contributed by atoms with Crippen molar-refractivity contribution in [3.63, 3.8) is 0 Å². The molecule has 1 rings (SSSR count). The van der Waals surface area contributed by atoms with Gasteiger partial charge in [0.05, 0.1) is 6.61 Å². The van der Waals surface area contributed by atoms with Gasteiger partial charge < -0.3 is 15.6 Å². The van der Waals surface area contributed by atoms with E-state index in [0.29, 0.717) is 6.61 Å². The van der Waals surface area contributed by atoms with Crippen LogP contribution in [0.2, 0.25) is 0 Å². The van der Waals surface area contributed by atoms with Gasteiger partial charge in [0.1, 0.15) is 6.04 Å². The molecule has 0 saturated carbocycles. The maximum atomic E-state index is 11.2. The van der Waals surface area contributed by atoms with Gasteiger partial charge in [-0.3, -0.25) is 4.79 Å². The van der Waals surface area contributed by atoms with Crippen LogP contribution >= 0.6 is 11.3 Å². The van der Waals surface area contributed by atoms with Gasteiger partial charge in [-0.1, -0.05) is 6.07 Å². The SMILES string of the molecule is N[C@H](CCO)C(=O)OCCc1cccs1. The molecule has 0 aliphatic carbocycles. The molecule has 0 aliphatic rings. The predicted molar refractivity (Wildman–Crippen MR) is 58.7 cm³/mol. The highest BCUT2D eigenvalue weighted by molar-refractivity contribution is 7.09. The van der Waals surface area contributed by atoms with Gasteiger partial charge in [-0.15, -0.1) is 11.3 Å². The molecular weight excluding hydrogens is 214 g/mol. The van der Waals surface area contributed by atoms with Crippen molar-refractivity contribution in [2.24, 2.45) is 5.73 Å². The van der Waals surface area contributed by atoms with Crippen LogP contribution in [0.1, 0.15) is 11.3 Å². The first-order valence-electron chi connectivity index (χ1n) is 4.79. The zero-order valence-corrected chi connectivity index (χ0v) is 9.20. The lowest BCUT2D eigenvalue weighted by Crippen LogP contribution is -2.33. The summed E-state index contributed by atoms with van der Waals surface area (Å²) in [5.74, 6) is -0.444. The lowest BCUT2D eigenvalue weighted by Gasteiger charge is -2.09. The molecule has 5 heteroatoms. The van der Waals surface area contributed by atoms with E-state index in [2.05, 4.69) is 0 Å². The Morgan fingerprint density at radius 3 is 3.07 bits per heavy atom. The van der Waals surface area contributed by atoms with Gasteiger partial charge in [-0.05, 0) is 17.9 Å². The lowest BCUT2D eigenvalue weighted by atomic mass is 10.2. The monoisotopic (exact) mass is 229 g/mol. The molecule has 84 valence electrons. The molecule has 0 radical (unpaired) electrons. The minimum absolute atomic E-state index is 0.0960. The first kappa shape index (κ1) is 12.2. The number of hydrogen-bond donors (Lipinski definition) is 2. The van der Waals surface area contributed by atoms with Crippen LogP contribution in [0, 0.1) is 0 Å². The Kier molecular flexibility index (Phi) is 5.31. The van der Waals surface area contributed by atoms with Crippen LogP contribution in [-0.4, -0.2) is 30.3 Å². The number of esters is 1. The molecular formula is C10H15NO3S. The first-order chi connectivity index (χ1) is 7.24. The number of aliphatic hydroxyl groups is 1. The fraction of sp³-hybridized carbons (Fsp3) is 0.500. The van der Waals surface area contributed by atoms with E-state index in [1.807, 2.05) is 17.5 Å². The molecule has 1 aromatic rings. The highest BCUT2D eigenvalue weighted by Gasteiger charge is 2.13. The predicted octanol–water partition coefficient (Wildman–Crippen LogP) is 0.543. The summed E-state index contributed by atoms with van der Waals surface area (Å²) in [6.07, 6.45) is 0.965. The Bertz CT molecular complexity index is 287. The second-order valence-corrected chi connectivity index (χ2v) is 4.15. The summed E-state index contributed by atoms with van der Waals surface area (Å²) >= 11 is 1.63. The largest absolute Gasteiger partial charge is 0.464 e. The quantitative estimate of drug-likeness (QED) is 0.698. The smallest absolute Gasteiger partial charge is 0.323 e. The normalized spacial score (nSPS) is 12.4. The molecule has 0 bridgehead atoms. The lowest BCUT2D eigenvalue weighted by molar-refractivity contribution is -0.145. The van der Waals surface area contributed by atoms with E-state index in [-0.39, 0.29) is 13.0 Å². The zero-order valence-electron chi connectivity index (χ0n) is 8.39. The molecule has 4 nitrogen and oxygen atoms in total. The second kappa shape index (κ2) is 6.55. The van der Waals surface area contributed by atoms with Gasteiger partial charge in [0.25, 0.3) is 0 Å². The third-order valence-corrected chi connectivity index (χ3v) is 2.85. The van der Waals surface area contributed by atoms with Crippen LogP contribution in [0.4, 0.5) is 0 Å². The minimum atomic E-state index is -0.710. The summed E-state index contributed by atoms with van der Waals surface area (Å²) < 4.78 is 4.96. The number of carbonyl (C=O) groups excluding carboxylic acids is 1. The van der Waals surface area contributed by atoms with Gasteiger partial charge in [0.2, 0.25) is 0 Å². The minimum Gasteiger partial charge on any atom is -0.464 e. The average Bonchev–Trinajstić information content (AvgIpc) is 2.71. The van der Waals surface area contributed by atoms with Crippen LogP contribution < -0.4 is 5.73 Å². The van der Waals surface area contributed by atoms with Crippen LogP contribution in [0.25, 0.3) is 0 Å². The zero-order chi connectivity index (χ0) is 11.1. The van der Waals surface area contributed by atoms with Crippen molar-refractivity contribution in [3.05, 3.63) is 22.4 Å². The van der Waals surface area contributed by atoms with Crippen LogP contribution in [0.15, 0.2) is 17.5 Å². The average molecular weight is 229 g/mol. The highest BCUT2D eigenvalue weighted by Crippen LogP contribution is 2.09. The Morgan fingerprint density at radius 1 is 1.67 bits per heavy atom. The fourth-order valence-electron chi connectivity index (χ4n) is 1.07. The number of carbonyl (C=O) groups is 1. The van der Waals surface area contributed by atoms with E-state index in [1.165, 1.54) is 4.88 Å². The van der Waals surface area contributed by atoms with Crippen molar-refractivity contribution < 1.29 is 14.6 Å². The van der Waals surface area contributed by atoms with E-state index in [1.54, 1.807) is 11.3 Å². The van der Waals surface area contributed by atoms with Crippen LogP contribution in [0.3, 0.4) is 0 Å². The van der Waals surface area contributed by atoms with Crippen molar-refractivity contribution in [3.8, 4) is 0 Å². The van der Waals surface area contributed by atoms with Crippen molar-refractivity contribution in [1.82, 2.24) is 0 Å². The molecule has 15 heavy (non-hydrogen) atoms. The second-order valence-electron chi connectivity index (χ2n) is 3.12. The molecule has 0 unspecified atom stereocenters. The Hall–Kier alpha value is -0.910. The molecule has 1 aromatic heterocycles. The number of rotatable bonds is 6. The number of ether oxygens (including phenoxy) is 1. The van der Waals surface area contributed by atoms with E-state index in [0.717, 1.165) is 6.42 Å². The molecule has 0 amide bonds. The van der Waals surface area contributed by atoms with E-state index in [4.69, 9.17) is 15.6 Å². The van der Waals surface area contributed by atoms with Crippen molar-refractivity contribution in [1.29, 1.82) is 0 Å². The Labute approximate surface area is 92.7 Å². The standard InChI is InChI=1S/C10H15NO3S/c11-9(3-5-12)10(13)14-6-4-8-2-1-7-15-8/h1-2,7,9,12H,3-6,11H2/t9-/m1/s1. The maximum absolute atomic E-state index is 11.2. The van der Waals surface area contributed by atoms with Crippen molar-refractivity contribution >= 4 is 17.3 Å². The molecule has 1 atom stereocenters. The number of aliphatic hydroxyl groups excluding tert-OH is 1. The summed E-state index contributed by atoms with van der Waals surface area (Å²) in [4.78, 5) is 12.4. The fourth-order valence-corrected chi connectivity index (χ4v) is 1.76. The Morgan fingerprint density at radius 2 is 2.47 bits per heavy atom. The molecule has 0 spiro atoms. The van der Waals surface area contributed by atoms with Gasteiger partial charge >= 0.3 is 5.97 Å². The number of nitrogens with two attached hydrogens (primary N) is 1. The van der Waals surface area contributed by atoms with Gasteiger partial charge in [0.15, 0.2) is 0 Å². The Balaban J connectivity index is 2.17. The van der Waals surface area contributed by atoms with Gasteiger partial charge in [-0.25, -0.2) is 0 Å². The van der Waals surface area contributed by atoms with E-state index < -0.39 is 12.0 Å². The molecule has 0 aliphatic heterocycles. The van der Waals surface area contributed by atoms with Crippen molar-refractivity contribution in [2.75, 3.05) is 13.2 Å². The van der Waals surface area contributed by atoms with E-state index in [9.17, 15) is 4.79 Å². The highest BCUT2D eigenvalue weighted by atomic mass is 32.1. The third kappa shape index (κ3) is 4.42. The number of thiophene rings is 1. The molecule has 1 heterocycles. The molecule has 0 saturated heterocycles. The van der Waals surface area contributed by atoms with Crippen molar-refractivity contribution in [2.45, 2.75) is 18.9 Å². The van der Waals surface area contributed by atoms with Crippen LogP contribution in [-0.2, 0) is 16.0 Å². The summed E-state index contributed by atoms with van der Waals surface area (Å²) in [5.41, 5.74) is 5.46. The maximum Gasteiger partial charge on any atom is 0.323 e. The molecule has 0 aromatic carbocycles. The summed E-state index contributed by atoms with van der Waals surface area (Å²) in [6.45, 7) is 0.250. The van der Waals surface area contributed by atoms with Gasteiger partial charge in [-0.2, -0.15) is 0 Å². The van der Waals surface area contributed by atoms with Gasteiger partial charge in [0, 0.05) is 17.9 Å². The summed E-state index contributed by atoms with van der Waals surface area (Å²) in [6, 6.07) is 3.24. The number of hydrogen-bond acceptors (Lipinski definition) is 5. The first-order valence-corrected chi connectivity index (χ1v) is 5.67. The summed E-state index contributed by atoms with van der Waals surface area (Å²) in [5, 5.41) is 10.6. The summed E-state index contributed by atoms with van der Waals surface area (Å²) in [7, 11) is 0.